The van der Waals surface area contributed by atoms with E-state index >= 15 is 0 Å². The van der Waals surface area contributed by atoms with Crippen LogP contribution in [0.1, 0.15) is 25.2 Å². The summed E-state index contributed by atoms with van der Waals surface area (Å²) < 4.78 is 1.67. The normalized spacial score (nSPS) is 10.4. The minimum absolute atomic E-state index is 0.00236. The van der Waals surface area contributed by atoms with Crippen molar-refractivity contribution in [3.63, 3.8) is 0 Å². The van der Waals surface area contributed by atoms with Gasteiger partial charge in [-0.05, 0) is 18.9 Å². The molecule has 0 aromatic carbocycles. The third-order valence-electron chi connectivity index (χ3n) is 2.31. The van der Waals surface area contributed by atoms with E-state index in [4.69, 9.17) is 11.6 Å². The summed E-state index contributed by atoms with van der Waals surface area (Å²) in [5.41, 5.74) is 2.15. The number of halogens is 1. The highest BCUT2D eigenvalue weighted by Crippen LogP contribution is 2.21. The van der Waals surface area contributed by atoms with E-state index in [1.807, 2.05) is 6.92 Å². The van der Waals surface area contributed by atoms with Crippen LogP contribution in [0.15, 0.2) is 12.2 Å². The molecule has 0 aliphatic heterocycles. The molecule has 1 aromatic heterocycles. The van der Waals surface area contributed by atoms with Crippen molar-refractivity contribution in [3.05, 3.63) is 28.6 Å². The second-order valence-electron chi connectivity index (χ2n) is 3.56. The van der Waals surface area contributed by atoms with Crippen LogP contribution in [0.25, 0.3) is 0 Å². The number of allylic oxidation sites excluding steroid dienone is 1. The summed E-state index contributed by atoms with van der Waals surface area (Å²) in [6.07, 6.45) is 1.05. The molecule has 0 aliphatic rings. The average molecular weight is 227 g/mol. The summed E-state index contributed by atoms with van der Waals surface area (Å²) in [5, 5.41) is 4.85. The van der Waals surface area contributed by atoms with Crippen LogP contribution >= 0.6 is 11.6 Å². The molecule has 1 heterocycles. The van der Waals surface area contributed by atoms with Crippen molar-refractivity contribution in [1.29, 1.82) is 0 Å². The third kappa shape index (κ3) is 2.48. The number of hydrogen-bond acceptors (Lipinski definition) is 2. The fourth-order valence-corrected chi connectivity index (χ4v) is 1.68. The molecule has 4 heteroatoms. The lowest BCUT2D eigenvalue weighted by molar-refractivity contribution is -0.115. The minimum Gasteiger partial charge on any atom is -0.294 e. The minimum atomic E-state index is 0.00236. The van der Waals surface area contributed by atoms with E-state index in [-0.39, 0.29) is 12.2 Å². The highest BCUT2D eigenvalue weighted by atomic mass is 35.5. The number of rotatable bonds is 4. The summed E-state index contributed by atoms with van der Waals surface area (Å²) >= 11 is 6.11. The molecule has 0 N–H and O–H groups in total. The number of nitrogens with zero attached hydrogens (tertiary/aromatic N) is 2. The van der Waals surface area contributed by atoms with Gasteiger partial charge in [0.15, 0.2) is 5.78 Å². The molecule has 0 spiro atoms. The van der Waals surface area contributed by atoms with E-state index in [9.17, 15) is 4.79 Å². The van der Waals surface area contributed by atoms with E-state index in [0.29, 0.717) is 10.6 Å². The van der Waals surface area contributed by atoms with E-state index in [0.717, 1.165) is 17.8 Å². The van der Waals surface area contributed by atoms with Gasteiger partial charge in [-0.25, -0.2) is 0 Å². The van der Waals surface area contributed by atoms with E-state index in [1.54, 1.807) is 18.7 Å². The maximum absolute atomic E-state index is 11.5. The zero-order chi connectivity index (χ0) is 11.6. The Labute approximate surface area is 94.7 Å². The van der Waals surface area contributed by atoms with Crippen LogP contribution in [0.4, 0.5) is 0 Å². The first-order valence-electron chi connectivity index (χ1n) is 4.86. The van der Waals surface area contributed by atoms with Crippen molar-refractivity contribution >= 4 is 17.4 Å². The number of aromatic nitrogens is 2. The summed E-state index contributed by atoms with van der Waals surface area (Å²) in [5.74, 6) is 0.00236. The molecule has 0 atom stereocenters. The average Bonchev–Trinajstić information content (AvgIpc) is 2.44. The Morgan fingerprint density at radius 1 is 1.60 bits per heavy atom. The Kier molecular flexibility index (Phi) is 3.69. The number of hydrogen-bond donors (Lipinski definition) is 0. The second-order valence-corrected chi connectivity index (χ2v) is 3.94. The monoisotopic (exact) mass is 226 g/mol. The number of carbonyl (C=O) groups excluding carboxylic acids is 1. The molecular formula is C11H15ClN2O. The lowest BCUT2D eigenvalue weighted by atomic mass is 10.1. The molecule has 1 rings (SSSR count). The predicted octanol–water partition coefficient (Wildman–Crippen LogP) is 2.32. The molecule has 82 valence electrons. The standard InChI is InChI=1S/C11H15ClN2O/c1-5-8-11(12)9(14(4)13-8)6-10(15)7(2)3/h2,5-6H2,1,3-4H3. The molecule has 1 aromatic rings. The molecule has 0 saturated carbocycles. The van der Waals surface area contributed by atoms with Crippen LogP contribution in [0.2, 0.25) is 5.02 Å². The van der Waals surface area contributed by atoms with Gasteiger partial charge in [-0.2, -0.15) is 5.10 Å². The fourth-order valence-electron chi connectivity index (χ4n) is 1.31. The molecule has 0 bridgehead atoms. The molecule has 0 unspecified atom stereocenters. The quantitative estimate of drug-likeness (QED) is 0.739. The smallest absolute Gasteiger partial charge is 0.163 e. The Bertz CT molecular complexity index is 407. The first kappa shape index (κ1) is 12.0. The lowest BCUT2D eigenvalue weighted by Gasteiger charge is -2.01. The molecular weight excluding hydrogens is 212 g/mol. The molecule has 0 fully saturated rings. The molecule has 0 aliphatic carbocycles. The van der Waals surface area contributed by atoms with Gasteiger partial charge in [0.2, 0.25) is 0 Å². The Hall–Kier alpha value is -1.09. The van der Waals surface area contributed by atoms with Crippen molar-refractivity contribution in [1.82, 2.24) is 9.78 Å². The van der Waals surface area contributed by atoms with E-state index < -0.39 is 0 Å². The molecule has 0 radical (unpaired) electrons. The van der Waals surface area contributed by atoms with Crippen molar-refractivity contribution < 1.29 is 4.79 Å². The highest BCUT2D eigenvalue weighted by Gasteiger charge is 2.16. The largest absolute Gasteiger partial charge is 0.294 e. The zero-order valence-electron chi connectivity index (χ0n) is 9.30. The summed E-state index contributed by atoms with van der Waals surface area (Å²) in [6, 6.07) is 0. The number of Topliss-reactive ketones (excluding diaryl/α,β-unsaturated/α-hetero) is 1. The molecule has 0 saturated heterocycles. The van der Waals surface area contributed by atoms with Gasteiger partial charge >= 0.3 is 0 Å². The zero-order valence-corrected chi connectivity index (χ0v) is 10.1. The van der Waals surface area contributed by atoms with Gasteiger partial charge in [-0.3, -0.25) is 9.48 Å². The van der Waals surface area contributed by atoms with Crippen molar-refractivity contribution in [3.8, 4) is 0 Å². The Morgan fingerprint density at radius 3 is 2.60 bits per heavy atom. The first-order chi connectivity index (χ1) is 6.97. The third-order valence-corrected chi connectivity index (χ3v) is 2.74. The Morgan fingerprint density at radius 2 is 2.20 bits per heavy atom. The van der Waals surface area contributed by atoms with Crippen LogP contribution in [0.5, 0.6) is 0 Å². The number of ketones is 1. The predicted molar refractivity (Wildman–Crippen MR) is 61.1 cm³/mol. The van der Waals surface area contributed by atoms with Gasteiger partial charge in [0, 0.05) is 7.05 Å². The van der Waals surface area contributed by atoms with Gasteiger partial charge in [0.25, 0.3) is 0 Å². The van der Waals surface area contributed by atoms with Gasteiger partial charge in [-0.15, -0.1) is 0 Å². The van der Waals surface area contributed by atoms with E-state index in [2.05, 4.69) is 11.7 Å². The maximum Gasteiger partial charge on any atom is 0.163 e. The molecule has 0 amide bonds. The van der Waals surface area contributed by atoms with Gasteiger partial charge in [-0.1, -0.05) is 25.1 Å². The van der Waals surface area contributed by atoms with Crippen LogP contribution in [0.3, 0.4) is 0 Å². The van der Waals surface area contributed by atoms with Crippen LogP contribution in [-0.4, -0.2) is 15.6 Å². The van der Waals surface area contributed by atoms with E-state index in [1.165, 1.54) is 0 Å². The van der Waals surface area contributed by atoms with Gasteiger partial charge in [0.05, 0.1) is 22.8 Å². The lowest BCUT2D eigenvalue weighted by Crippen LogP contribution is -2.08. The van der Waals surface area contributed by atoms with Crippen molar-refractivity contribution in [2.24, 2.45) is 7.05 Å². The van der Waals surface area contributed by atoms with Gasteiger partial charge in [0.1, 0.15) is 0 Å². The van der Waals surface area contributed by atoms with Crippen LogP contribution in [-0.2, 0) is 24.7 Å². The summed E-state index contributed by atoms with van der Waals surface area (Å²) in [6.45, 7) is 7.30. The summed E-state index contributed by atoms with van der Waals surface area (Å²) in [4.78, 5) is 11.5. The Balaban J connectivity index is 2.99. The molecule has 3 nitrogen and oxygen atoms in total. The highest BCUT2D eigenvalue weighted by molar-refractivity contribution is 6.32. The topological polar surface area (TPSA) is 34.9 Å². The SMILES string of the molecule is C=C(C)C(=O)Cc1c(Cl)c(CC)nn1C. The fraction of sp³-hybridized carbons (Fsp3) is 0.455. The summed E-state index contributed by atoms with van der Waals surface area (Å²) in [7, 11) is 1.80. The number of carbonyl (C=O) groups is 1. The van der Waals surface area contributed by atoms with Crippen molar-refractivity contribution in [2.75, 3.05) is 0 Å². The maximum atomic E-state index is 11.5. The molecule has 15 heavy (non-hydrogen) atoms. The van der Waals surface area contributed by atoms with Crippen LogP contribution in [0, 0.1) is 0 Å². The second kappa shape index (κ2) is 4.62. The number of aryl methyl sites for hydroxylation is 2. The van der Waals surface area contributed by atoms with Crippen LogP contribution < -0.4 is 0 Å². The van der Waals surface area contributed by atoms with Crippen molar-refractivity contribution in [2.45, 2.75) is 26.7 Å². The first-order valence-corrected chi connectivity index (χ1v) is 5.24. The van der Waals surface area contributed by atoms with Gasteiger partial charge < -0.3 is 0 Å².